The molecule has 0 aliphatic rings. The smallest absolute Gasteiger partial charge is 0.336 e. The molecule has 0 spiro atoms. The molecule has 0 radical (unpaired) electrons. The lowest BCUT2D eigenvalue weighted by atomic mass is 10.2. The molecular weight excluding hydrogens is 274 g/mol. The molecule has 1 N–H and O–H groups in total. The molecule has 1 aromatic rings. The first kappa shape index (κ1) is 15.0. The van der Waals surface area contributed by atoms with Crippen LogP contribution < -0.4 is 0 Å². The molecule has 0 unspecified atom stereocenters. The number of carboxylic acids is 1. The quantitative estimate of drug-likeness (QED) is 0.368. The van der Waals surface area contributed by atoms with E-state index in [1.54, 1.807) is 6.92 Å². The van der Waals surface area contributed by atoms with Crippen molar-refractivity contribution in [2.75, 3.05) is 12.4 Å². The molecule has 0 heterocycles. The van der Waals surface area contributed by atoms with Gasteiger partial charge in [-0.25, -0.2) is 4.79 Å². The van der Waals surface area contributed by atoms with Crippen molar-refractivity contribution in [2.45, 2.75) is 11.8 Å². The molecule has 0 amide bonds. The lowest BCUT2D eigenvalue weighted by Gasteiger charge is -2.05. The third-order valence-corrected chi connectivity index (χ3v) is 3.09. The fraction of sp³-hybridized carbons (Fsp3) is 0.273. The van der Waals surface area contributed by atoms with Crippen LogP contribution in [0.1, 0.15) is 17.3 Å². The third-order valence-electron chi connectivity index (χ3n) is 2.06. The Kier molecular flexibility index (Phi) is 5.31. The van der Waals surface area contributed by atoms with Gasteiger partial charge in [-0.1, -0.05) is 0 Å². The van der Waals surface area contributed by atoms with E-state index in [0.717, 1.165) is 30.0 Å². The molecular formula is C11H11NO6S. The number of hydrogen-bond acceptors (Lipinski definition) is 6. The van der Waals surface area contributed by atoms with E-state index in [1.165, 1.54) is 0 Å². The monoisotopic (exact) mass is 285 g/mol. The van der Waals surface area contributed by atoms with Crippen molar-refractivity contribution in [1.29, 1.82) is 0 Å². The Morgan fingerprint density at radius 2 is 2.16 bits per heavy atom. The van der Waals surface area contributed by atoms with Crippen molar-refractivity contribution in [3.63, 3.8) is 0 Å². The van der Waals surface area contributed by atoms with Crippen LogP contribution in [-0.4, -0.2) is 34.3 Å². The van der Waals surface area contributed by atoms with Crippen molar-refractivity contribution in [3.05, 3.63) is 33.9 Å². The average molecular weight is 285 g/mol. The average Bonchev–Trinajstić information content (AvgIpc) is 2.36. The standard InChI is InChI=1S/C11H11NO6S/c1-2-18-10(13)6-19-9-5-7(12(16)17)3-4-8(9)11(14)15/h3-5H,2,6H2,1H3,(H,14,15). The van der Waals surface area contributed by atoms with Gasteiger partial charge in [-0.15, -0.1) is 11.8 Å². The molecule has 0 aromatic heterocycles. The van der Waals surface area contributed by atoms with Gasteiger partial charge in [-0.2, -0.15) is 0 Å². The van der Waals surface area contributed by atoms with Gasteiger partial charge in [0.15, 0.2) is 0 Å². The Bertz CT molecular complexity index is 516. The number of non-ortho nitro benzene ring substituents is 1. The summed E-state index contributed by atoms with van der Waals surface area (Å²) in [6.45, 7) is 1.87. The summed E-state index contributed by atoms with van der Waals surface area (Å²) in [5.74, 6) is -1.81. The highest BCUT2D eigenvalue weighted by molar-refractivity contribution is 8.00. The number of aromatic carboxylic acids is 1. The van der Waals surface area contributed by atoms with Crippen LogP contribution in [0.25, 0.3) is 0 Å². The number of carbonyl (C=O) groups is 2. The Morgan fingerprint density at radius 3 is 2.68 bits per heavy atom. The van der Waals surface area contributed by atoms with Gasteiger partial charge in [0.05, 0.1) is 22.8 Å². The van der Waals surface area contributed by atoms with Gasteiger partial charge in [0.25, 0.3) is 5.69 Å². The highest BCUT2D eigenvalue weighted by Crippen LogP contribution is 2.27. The second-order valence-corrected chi connectivity index (χ2v) is 4.35. The summed E-state index contributed by atoms with van der Waals surface area (Å²) in [5.41, 5.74) is -0.309. The molecule has 7 nitrogen and oxygen atoms in total. The molecule has 8 heteroatoms. The van der Waals surface area contributed by atoms with Crippen molar-refractivity contribution < 1.29 is 24.4 Å². The minimum atomic E-state index is -1.21. The van der Waals surface area contributed by atoms with Crippen LogP contribution in [0.4, 0.5) is 5.69 Å². The number of ether oxygens (including phenoxy) is 1. The number of benzene rings is 1. The third kappa shape index (κ3) is 4.25. The molecule has 1 rings (SSSR count). The fourth-order valence-electron chi connectivity index (χ4n) is 1.26. The van der Waals surface area contributed by atoms with Gasteiger partial charge < -0.3 is 9.84 Å². The van der Waals surface area contributed by atoms with E-state index in [-0.39, 0.29) is 28.5 Å². The SMILES string of the molecule is CCOC(=O)CSc1cc([N+](=O)[O-])ccc1C(=O)O. The number of nitro benzene ring substituents is 1. The van der Waals surface area contributed by atoms with Gasteiger partial charge in [0.1, 0.15) is 0 Å². The summed E-state index contributed by atoms with van der Waals surface area (Å²) in [5, 5.41) is 19.6. The molecule has 0 aliphatic carbocycles. The van der Waals surface area contributed by atoms with Gasteiger partial charge in [-0.3, -0.25) is 14.9 Å². The maximum atomic E-state index is 11.2. The molecule has 19 heavy (non-hydrogen) atoms. The van der Waals surface area contributed by atoms with E-state index in [0.29, 0.717) is 0 Å². The van der Waals surface area contributed by atoms with E-state index in [1.807, 2.05) is 0 Å². The van der Waals surface area contributed by atoms with Gasteiger partial charge >= 0.3 is 11.9 Å². The Labute approximate surface area is 112 Å². The molecule has 0 fully saturated rings. The van der Waals surface area contributed by atoms with Crippen LogP contribution in [0.3, 0.4) is 0 Å². The first-order valence-corrected chi connectivity index (χ1v) is 6.24. The fourth-order valence-corrected chi connectivity index (χ4v) is 2.13. The van der Waals surface area contributed by atoms with E-state index < -0.39 is 16.9 Å². The number of carboxylic acid groups (broad SMARTS) is 1. The van der Waals surface area contributed by atoms with Gasteiger partial charge in [0, 0.05) is 17.0 Å². The summed E-state index contributed by atoms with van der Waals surface area (Å²) in [7, 11) is 0. The van der Waals surface area contributed by atoms with Gasteiger partial charge in [0.2, 0.25) is 0 Å². The molecule has 1 aromatic carbocycles. The van der Waals surface area contributed by atoms with E-state index >= 15 is 0 Å². The minimum Gasteiger partial charge on any atom is -0.478 e. The highest BCUT2D eigenvalue weighted by atomic mass is 32.2. The predicted molar refractivity (Wildman–Crippen MR) is 67.4 cm³/mol. The number of rotatable bonds is 6. The molecule has 0 aliphatic heterocycles. The van der Waals surface area contributed by atoms with E-state index in [2.05, 4.69) is 0 Å². The van der Waals surface area contributed by atoms with E-state index in [4.69, 9.17) is 9.84 Å². The number of hydrogen-bond donors (Lipinski definition) is 1. The first-order chi connectivity index (χ1) is 8.95. The molecule has 102 valence electrons. The number of carbonyl (C=O) groups excluding carboxylic acids is 1. The Balaban J connectivity index is 2.94. The van der Waals surface area contributed by atoms with Crippen molar-refractivity contribution in [2.24, 2.45) is 0 Å². The van der Waals surface area contributed by atoms with Crippen LogP contribution >= 0.6 is 11.8 Å². The van der Waals surface area contributed by atoms with Crippen LogP contribution in [0.5, 0.6) is 0 Å². The van der Waals surface area contributed by atoms with Crippen molar-refractivity contribution >= 4 is 29.4 Å². The summed E-state index contributed by atoms with van der Waals surface area (Å²) < 4.78 is 4.70. The zero-order valence-electron chi connectivity index (χ0n) is 9.99. The summed E-state index contributed by atoms with van der Waals surface area (Å²) in [4.78, 5) is 32.3. The van der Waals surface area contributed by atoms with Crippen LogP contribution in [-0.2, 0) is 9.53 Å². The summed E-state index contributed by atoms with van der Waals surface area (Å²) in [6, 6.07) is 3.39. The molecule has 0 saturated heterocycles. The Hall–Kier alpha value is -2.09. The number of esters is 1. The zero-order chi connectivity index (χ0) is 14.4. The normalized spacial score (nSPS) is 9.95. The second-order valence-electron chi connectivity index (χ2n) is 3.34. The number of thioether (sulfide) groups is 1. The lowest BCUT2D eigenvalue weighted by molar-refractivity contribution is -0.385. The lowest BCUT2D eigenvalue weighted by Crippen LogP contribution is -2.07. The van der Waals surface area contributed by atoms with Gasteiger partial charge in [-0.05, 0) is 13.0 Å². The number of nitrogens with zero attached hydrogens (tertiary/aromatic N) is 1. The molecule has 0 atom stereocenters. The summed E-state index contributed by atoms with van der Waals surface area (Å²) in [6.07, 6.45) is 0. The van der Waals surface area contributed by atoms with Crippen LogP contribution in [0.15, 0.2) is 23.1 Å². The van der Waals surface area contributed by atoms with Crippen molar-refractivity contribution in [3.8, 4) is 0 Å². The second kappa shape index (κ2) is 6.74. The van der Waals surface area contributed by atoms with Crippen molar-refractivity contribution in [1.82, 2.24) is 0 Å². The van der Waals surface area contributed by atoms with E-state index in [9.17, 15) is 19.7 Å². The van der Waals surface area contributed by atoms with Crippen LogP contribution in [0, 0.1) is 10.1 Å². The Morgan fingerprint density at radius 1 is 1.47 bits per heavy atom. The maximum Gasteiger partial charge on any atom is 0.336 e. The number of nitro groups is 1. The molecule has 0 bridgehead atoms. The first-order valence-electron chi connectivity index (χ1n) is 5.25. The summed E-state index contributed by atoms with van der Waals surface area (Å²) >= 11 is 0.895. The maximum absolute atomic E-state index is 11.2. The minimum absolute atomic E-state index is 0.0834. The highest BCUT2D eigenvalue weighted by Gasteiger charge is 2.17. The van der Waals surface area contributed by atoms with Crippen LogP contribution in [0.2, 0.25) is 0 Å². The predicted octanol–water partition coefficient (Wildman–Crippen LogP) is 1.95. The zero-order valence-corrected chi connectivity index (χ0v) is 10.8. The largest absolute Gasteiger partial charge is 0.478 e. The molecule has 0 saturated carbocycles. The topological polar surface area (TPSA) is 107 Å².